The molecule has 202 valence electrons. The molecule has 0 bridgehead atoms. The molecule has 0 radical (unpaired) electrons. The molecule has 2 aromatic rings. The Hall–Kier alpha value is -2.73. The molecule has 1 fully saturated rings. The lowest BCUT2D eigenvalue weighted by atomic mass is 9.88. The Kier molecular flexibility index (Phi) is 9.88. The summed E-state index contributed by atoms with van der Waals surface area (Å²) in [4.78, 5) is 19.4. The Morgan fingerprint density at radius 2 is 1.89 bits per heavy atom. The molecule has 2 heterocycles. The monoisotopic (exact) mass is 511 g/mol. The Balaban J connectivity index is 1.97. The number of hydrogen-bond acceptors (Lipinski definition) is 2. The van der Waals surface area contributed by atoms with Gasteiger partial charge in [0.2, 0.25) is 12.3 Å². The van der Waals surface area contributed by atoms with Gasteiger partial charge < -0.3 is 9.88 Å². The molecular formula is C31H43F2N3O. The molecule has 1 aliphatic rings. The smallest absolute Gasteiger partial charge is 0.242 e. The van der Waals surface area contributed by atoms with Crippen molar-refractivity contribution in [2.45, 2.75) is 65.7 Å². The molecule has 1 N–H and O–H groups in total. The molecule has 1 amide bonds. The van der Waals surface area contributed by atoms with E-state index >= 15 is 0 Å². The number of nitrogens with one attached hydrogen (secondary N) is 1. The fourth-order valence-corrected chi connectivity index (χ4v) is 5.05. The first-order valence-electron chi connectivity index (χ1n) is 13.4. The molecule has 1 aromatic heterocycles. The standard InChI is InChI=1S/C31H43F2N3O/c1-8-21(4)22(5)16-25(15-20(2)3)31-27(18-29(32)33)26-17-24(9-10-28(26)34-31)23-11-13-36(14-12-23)19-30(37)35(6)7/h9-10,15-17,21,23,29,34H,2,8,11-14,18-19H2,1,3-7H3/b22-16-,25-15+. The molecule has 0 aliphatic carbocycles. The van der Waals surface area contributed by atoms with Crippen LogP contribution < -0.4 is 0 Å². The first-order chi connectivity index (χ1) is 17.5. The average molecular weight is 512 g/mol. The SMILES string of the molecule is C=C(C)/C=C(\C=C(\C)C(C)CC)c1[nH]c2ccc(C3CCN(CC(=O)N(C)C)CC3)cc2c1CC(F)F. The second-order valence-corrected chi connectivity index (χ2v) is 10.9. The highest BCUT2D eigenvalue weighted by Crippen LogP contribution is 2.36. The number of aromatic nitrogens is 1. The first kappa shape index (κ1) is 28.8. The van der Waals surface area contributed by atoms with Crippen LogP contribution in [-0.4, -0.2) is 60.8 Å². The summed E-state index contributed by atoms with van der Waals surface area (Å²) in [5, 5.41) is 0.875. The fourth-order valence-electron chi connectivity index (χ4n) is 5.05. The summed E-state index contributed by atoms with van der Waals surface area (Å²) in [6.45, 7) is 14.6. The van der Waals surface area contributed by atoms with E-state index in [9.17, 15) is 13.6 Å². The normalized spacial score (nSPS) is 17.0. The number of allylic oxidation sites excluding steroid dienone is 5. The van der Waals surface area contributed by atoms with Crippen molar-refractivity contribution in [1.29, 1.82) is 0 Å². The molecule has 1 unspecified atom stereocenters. The number of alkyl halides is 2. The minimum atomic E-state index is -2.44. The quantitative estimate of drug-likeness (QED) is 0.343. The van der Waals surface area contributed by atoms with Crippen molar-refractivity contribution in [3.05, 3.63) is 64.9 Å². The van der Waals surface area contributed by atoms with Crippen LogP contribution in [0.5, 0.6) is 0 Å². The van der Waals surface area contributed by atoms with Gasteiger partial charge in [-0.1, -0.05) is 49.8 Å². The van der Waals surface area contributed by atoms with E-state index < -0.39 is 6.43 Å². The number of likely N-dealkylation sites (tertiary alicyclic amines) is 1. The van der Waals surface area contributed by atoms with E-state index in [1.54, 1.807) is 19.0 Å². The lowest BCUT2D eigenvalue weighted by Crippen LogP contribution is -2.40. The number of piperidine rings is 1. The third-order valence-corrected chi connectivity index (χ3v) is 7.67. The number of carbonyl (C=O) groups excluding carboxylic acids is 1. The van der Waals surface area contributed by atoms with Crippen LogP contribution in [0.3, 0.4) is 0 Å². The van der Waals surface area contributed by atoms with Crippen molar-refractivity contribution < 1.29 is 13.6 Å². The lowest BCUT2D eigenvalue weighted by Gasteiger charge is -2.32. The van der Waals surface area contributed by atoms with Crippen LogP contribution in [0.4, 0.5) is 8.78 Å². The van der Waals surface area contributed by atoms with Gasteiger partial charge in [0.25, 0.3) is 0 Å². The van der Waals surface area contributed by atoms with E-state index in [4.69, 9.17) is 0 Å². The van der Waals surface area contributed by atoms with Gasteiger partial charge >= 0.3 is 0 Å². The number of fused-ring (bicyclic) bond motifs is 1. The third-order valence-electron chi connectivity index (χ3n) is 7.67. The molecule has 1 aromatic carbocycles. The summed E-state index contributed by atoms with van der Waals surface area (Å²) >= 11 is 0. The molecule has 6 heteroatoms. The summed E-state index contributed by atoms with van der Waals surface area (Å²) in [5.74, 6) is 0.875. The number of benzene rings is 1. The number of H-pyrrole nitrogens is 1. The number of amides is 1. The van der Waals surface area contributed by atoms with E-state index in [-0.39, 0.29) is 12.3 Å². The Labute approximate surface area is 221 Å². The predicted octanol–water partition coefficient (Wildman–Crippen LogP) is 7.20. The van der Waals surface area contributed by atoms with Crippen molar-refractivity contribution >= 4 is 22.4 Å². The van der Waals surface area contributed by atoms with Crippen molar-refractivity contribution in [1.82, 2.24) is 14.8 Å². The van der Waals surface area contributed by atoms with Crippen LogP contribution in [0.2, 0.25) is 0 Å². The van der Waals surface area contributed by atoms with Crippen molar-refractivity contribution in [2.75, 3.05) is 33.7 Å². The maximum absolute atomic E-state index is 13.8. The molecule has 1 saturated heterocycles. The zero-order chi connectivity index (χ0) is 27.3. The third kappa shape index (κ3) is 7.41. The van der Waals surface area contributed by atoms with Gasteiger partial charge in [0.05, 0.1) is 6.54 Å². The topological polar surface area (TPSA) is 39.3 Å². The van der Waals surface area contributed by atoms with Crippen molar-refractivity contribution in [3.8, 4) is 0 Å². The summed E-state index contributed by atoms with van der Waals surface area (Å²) in [5.41, 5.74) is 6.49. The van der Waals surface area contributed by atoms with Gasteiger partial charge in [0, 0.05) is 37.1 Å². The van der Waals surface area contributed by atoms with Crippen LogP contribution in [0.15, 0.2) is 48.1 Å². The Morgan fingerprint density at radius 1 is 1.22 bits per heavy atom. The number of carbonyl (C=O) groups is 1. The number of aromatic amines is 1. The van der Waals surface area contributed by atoms with Crippen molar-refractivity contribution in [2.24, 2.45) is 5.92 Å². The summed E-state index contributed by atoms with van der Waals surface area (Å²) < 4.78 is 27.7. The number of rotatable bonds is 10. The van der Waals surface area contributed by atoms with Crippen LogP contribution >= 0.6 is 0 Å². The minimum absolute atomic E-state index is 0.118. The summed E-state index contributed by atoms with van der Waals surface area (Å²) in [7, 11) is 3.57. The fraction of sp³-hybridized carbons (Fsp3) is 0.516. The Morgan fingerprint density at radius 3 is 2.46 bits per heavy atom. The van der Waals surface area contributed by atoms with Crippen LogP contribution in [0.1, 0.15) is 69.7 Å². The largest absolute Gasteiger partial charge is 0.354 e. The highest BCUT2D eigenvalue weighted by atomic mass is 19.3. The molecule has 3 rings (SSSR count). The molecule has 37 heavy (non-hydrogen) atoms. The molecule has 1 aliphatic heterocycles. The van der Waals surface area contributed by atoms with Crippen LogP contribution in [0, 0.1) is 5.92 Å². The highest BCUT2D eigenvalue weighted by Gasteiger charge is 2.24. The Bertz CT molecular complexity index is 1170. The van der Waals surface area contributed by atoms with E-state index in [0.29, 0.717) is 23.9 Å². The zero-order valence-corrected chi connectivity index (χ0v) is 23.3. The number of halogens is 2. The molecule has 4 nitrogen and oxygen atoms in total. The summed E-state index contributed by atoms with van der Waals surface area (Å²) in [6, 6.07) is 6.28. The first-order valence-corrected chi connectivity index (χ1v) is 13.4. The van der Waals surface area contributed by atoms with Gasteiger partial charge in [-0.2, -0.15) is 0 Å². The van der Waals surface area contributed by atoms with Gasteiger partial charge in [-0.25, -0.2) is 8.78 Å². The number of nitrogens with zero attached hydrogens (tertiary/aromatic N) is 2. The van der Waals surface area contributed by atoms with Crippen LogP contribution in [-0.2, 0) is 11.2 Å². The van der Waals surface area contributed by atoms with Gasteiger partial charge in [-0.15, -0.1) is 0 Å². The number of hydrogen-bond donors (Lipinski definition) is 1. The summed E-state index contributed by atoms with van der Waals surface area (Å²) in [6.07, 6.45) is 4.28. The van der Waals surface area contributed by atoms with E-state index in [1.807, 2.05) is 19.1 Å². The van der Waals surface area contributed by atoms with Gasteiger partial charge in [0.15, 0.2) is 0 Å². The van der Waals surface area contributed by atoms with Gasteiger partial charge in [-0.05, 0) is 86.9 Å². The van der Waals surface area contributed by atoms with E-state index in [2.05, 4.69) is 55.4 Å². The van der Waals surface area contributed by atoms with Gasteiger partial charge in [0.1, 0.15) is 0 Å². The molecule has 0 saturated carbocycles. The number of likely N-dealkylation sites (N-methyl/N-ethyl adjacent to an activating group) is 1. The maximum atomic E-state index is 13.8. The molecular weight excluding hydrogens is 468 g/mol. The van der Waals surface area contributed by atoms with Crippen molar-refractivity contribution in [3.63, 3.8) is 0 Å². The zero-order valence-electron chi connectivity index (χ0n) is 23.3. The van der Waals surface area contributed by atoms with Gasteiger partial charge in [-0.3, -0.25) is 9.69 Å². The minimum Gasteiger partial charge on any atom is -0.354 e. The predicted molar refractivity (Wildman–Crippen MR) is 151 cm³/mol. The van der Waals surface area contributed by atoms with E-state index in [0.717, 1.165) is 60.1 Å². The average Bonchev–Trinajstić information content (AvgIpc) is 3.20. The van der Waals surface area contributed by atoms with Crippen LogP contribution in [0.25, 0.3) is 16.5 Å². The second-order valence-electron chi connectivity index (χ2n) is 10.9. The molecule has 0 spiro atoms. The lowest BCUT2D eigenvalue weighted by molar-refractivity contribution is -0.130. The molecule has 1 atom stereocenters. The maximum Gasteiger partial charge on any atom is 0.242 e. The van der Waals surface area contributed by atoms with E-state index in [1.165, 1.54) is 11.1 Å². The second kappa shape index (κ2) is 12.7. The highest BCUT2D eigenvalue weighted by molar-refractivity contribution is 5.92.